The standard InChI is InChI=1S/C37H41ClN4O4S/c1-21-18-28-34(31(22-6-9-25(38)10-7-22)30(21)33(36(43)44)46-37(2,3)4)47-35(39-28)24-8-11-29-27(19-24)32(40-41(29)5)23-12-15-42(16-13-23)20-26-14-17-45-26/h6-11,18-19,23,26,33H,12-17,20H2,1-5H3,(H,43,44)/t26?,33-/m0/s1. The van der Waals surface area contributed by atoms with Gasteiger partial charge in [-0.25, -0.2) is 9.78 Å². The lowest BCUT2D eigenvalue weighted by Crippen LogP contribution is -2.43. The molecule has 2 atom stereocenters. The van der Waals surface area contributed by atoms with Crippen LogP contribution in [0.3, 0.4) is 0 Å². The number of carbonyl (C=O) groups is 1. The van der Waals surface area contributed by atoms with E-state index in [1.165, 1.54) is 11.8 Å². The quantitative estimate of drug-likeness (QED) is 0.177. The summed E-state index contributed by atoms with van der Waals surface area (Å²) in [6.07, 6.45) is 2.58. The molecule has 2 aliphatic heterocycles. The number of carboxylic acid groups (broad SMARTS) is 1. The summed E-state index contributed by atoms with van der Waals surface area (Å²) in [7, 11) is 2.02. The van der Waals surface area contributed by atoms with Gasteiger partial charge in [-0.05, 0) is 108 Å². The van der Waals surface area contributed by atoms with E-state index >= 15 is 0 Å². The molecule has 0 saturated carbocycles. The van der Waals surface area contributed by atoms with Crippen molar-refractivity contribution in [1.29, 1.82) is 0 Å². The van der Waals surface area contributed by atoms with Crippen molar-refractivity contribution >= 4 is 50.0 Å². The number of halogens is 1. The van der Waals surface area contributed by atoms with Crippen molar-refractivity contribution in [1.82, 2.24) is 19.7 Å². The third-order valence-electron chi connectivity index (χ3n) is 9.37. The highest BCUT2D eigenvalue weighted by Gasteiger charge is 2.33. The molecule has 246 valence electrons. The van der Waals surface area contributed by atoms with Gasteiger partial charge in [0.2, 0.25) is 0 Å². The number of hydrogen-bond donors (Lipinski definition) is 1. The Hall–Kier alpha value is -3.34. The summed E-state index contributed by atoms with van der Waals surface area (Å²) in [5.74, 6) is -0.626. The number of hydrogen-bond acceptors (Lipinski definition) is 7. The summed E-state index contributed by atoms with van der Waals surface area (Å²) in [5, 5.41) is 18.1. The van der Waals surface area contributed by atoms with Gasteiger partial charge >= 0.3 is 5.97 Å². The lowest BCUT2D eigenvalue weighted by atomic mass is 9.91. The summed E-state index contributed by atoms with van der Waals surface area (Å²) in [6.45, 7) is 11.6. The van der Waals surface area contributed by atoms with E-state index in [1.807, 2.05) is 69.8 Å². The summed E-state index contributed by atoms with van der Waals surface area (Å²) in [5.41, 5.74) is 6.59. The van der Waals surface area contributed by atoms with Crippen LogP contribution in [0.2, 0.25) is 5.02 Å². The first-order chi connectivity index (χ1) is 22.4. The van der Waals surface area contributed by atoms with Crippen LogP contribution in [0.25, 0.3) is 42.8 Å². The molecular formula is C37H41ClN4O4S. The van der Waals surface area contributed by atoms with E-state index in [0.29, 0.717) is 22.6 Å². The number of nitrogens with zero attached hydrogens (tertiary/aromatic N) is 4. The molecule has 0 bridgehead atoms. The Morgan fingerprint density at radius 3 is 2.45 bits per heavy atom. The Balaban J connectivity index is 1.30. The first-order valence-corrected chi connectivity index (χ1v) is 17.6. The average molecular weight is 673 g/mol. The van der Waals surface area contributed by atoms with Crippen LogP contribution < -0.4 is 0 Å². The molecule has 1 unspecified atom stereocenters. The number of likely N-dealkylation sites (tertiary alicyclic amines) is 1. The van der Waals surface area contributed by atoms with Gasteiger partial charge in [0.25, 0.3) is 0 Å². The van der Waals surface area contributed by atoms with Crippen molar-refractivity contribution < 1.29 is 19.4 Å². The van der Waals surface area contributed by atoms with Gasteiger partial charge in [0.15, 0.2) is 6.10 Å². The zero-order valence-corrected chi connectivity index (χ0v) is 29.1. The molecule has 2 aliphatic rings. The number of aromatic nitrogens is 3. The molecule has 2 fully saturated rings. The molecule has 5 aromatic rings. The molecule has 2 aromatic heterocycles. The third-order valence-corrected chi connectivity index (χ3v) is 10.8. The largest absolute Gasteiger partial charge is 0.479 e. The second-order valence-electron chi connectivity index (χ2n) is 13.9. The van der Waals surface area contributed by atoms with Gasteiger partial charge < -0.3 is 19.5 Å². The van der Waals surface area contributed by atoms with Gasteiger partial charge in [-0.2, -0.15) is 5.10 Å². The van der Waals surface area contributed by atoms with Gasteiger partial charge in [-0.1, -0.05) is 23.7 Å². The van der Waals surface area contributed by atoms with E-state index in [2.05, 4.69) is 23.1 Å². The normalized spacial score (nSPS) is 18.6. The molecule has 0 amide bonds. The minimum absolute atomic E-state index is 0.403. The van der Waals surface area contributed by atoms with Crippen molar-refractivity contribution in [3.8, 4) is 21.7 Å². The van der Waals surface area contributed by atoms with Crippen molar-refractivity contribution in [2.75, 3.05) is 26.2 Å². The molecule has 7 rings (SSSR count). The minimum atomic E-state index is -1.16. The van der Waals surface area contributed by atoms with Gasteiger partial charge in [-0.3, -0.25) is 4.68 Å². The SMILES string of the molecule is Cc1cc2nc(-c3ccc4c(c3)c(C3CCN(CC5CCO5)CC3)nn4C)sc2c(-c2ccc(Cl)cc2)c1[C@H](OC(C)(C)C)C(=O)O. The first kappa shape index (κ1) is 32.2. The Morgan fingerprint density at radius 2 is 1.81 bits per heavy atom. The van der Waals surface area contributed by atoms with Crippen molar-refractivity contribution in [3.05, 3.63) is 70.4 Å². The topological polar surface area (TPSA) is 89.7 Å². The maximum Gasteiger partial charge on any atom is 0.337 e. The monoisotopic (exact) mass is 672 g/mol. The molecular weight excluding hydrogens is 632 g/mol. The second kappa shape index (κ2) is 12.6. The number of aliphatic carboxylic acids is 1. The number of fused-ring (bicyclic) bond motifs is 2. The molecule has 0 spiro atoms. The van der Waals surface area contributed by atoms with Crippen LogP contribution in [0.5, 0.6) is 0 Å². The van der Waals surface area contributed by atoms with Crippen molar-refractivity contribution in [3.63, 3.8) is 0 Å². The van der Waals surface area contributed by atoms with E-state index in [9.17, 15) is 9.90 Å². The Morgan fingerprint density at radius 1 is 1.11 bits per heavy atom. The Kier molecular flexibility index (Phi) is 8.64. The lowest BCUT2D eigenvalue weighted by Gasteiger charge is -2.36. The molecule has 2 saturated heterocycles. The van der Waals surface area contributed by atoms with Gasteiger partial charge in [-0.15, -0.1) is 11.3 Å². The fourth-order valence-electron chi connectivity index (χ4n) is 6.99. The molecule has 47 heavy (non-hydrogen) atoms. The number of benzene rings is 3. The van der Waals surface area contributed by atoms with Crippen molar-refractivity contribution in [2.45, 2.75) is 70.7 Å². The predicted molar refractivity (Wildman–Crippen MR) is 188 cm³/mol. The number of aryl methyl sites for hydroxylation is 2. The Labute approximate surface area is 284 Å². The minimum Gasteiger partial charge on any atom is -0.479 e. The molecule has 10 heteroatoms. The van der Waals surface area contributed by atoms with E-state index in [4.69, 9.17) is 31.2 Å². The molecule has 8 nitrogen and oxygen atoms in total. The number of thiazole rings is 1. The highest BCUT2D eigenvalue weighted by Crippen LogP contribution is 2.45. The second-order valence-corrected chi connectivity index (χ2v) is 15.3. The third kappa shape index (κ3) is 6.44. The van der Waals surface area contributed by atoms with Gasteiger partial charge in [0.1, 0.15) is 5.01 Å². The molecule has 1 N–H and O–H groups in total. The molecule has 0 aliphatic carbocycles. The average Bonchev–Trinajstić information content (AvgIpc) is 3.58. The molecule has 4 heterocycles. The molecule has 3 aromatic carbocycles. The van der Waals surface area contributed by atoms with Crippen LogP contribution in [-0.4, -0.2) is 68.7 Å². The van der Waals surface area contributed by atoms with Gasteiger partial charge in [0.05, 0.1) is 33.1 Å². The van der Waals surface area contributed by atoms with Crippen LogP contribution in [0.4, 0.5) is 0 Å². The summed E-state index contributed by atoms with van der Waals surface area (Å²) < 4.78 is 14.8. The summed E-state index contributed by atoms with van der Waals surface area (Å²) in [6, 6.07) is 16.0. The smallest absolute Gasteiger partial charge is 0.337 e. The van der Waals surface area contributed by atoms with E-state index in [0.717, 1.165) is 87.8 Å². The molecule has 0 radical (unpaired) electrons. The zero-order chi connectivity index (χ0) is 33.0. The number of carboxylic acids is 1. The number of rotatable bonds is 8. The van der Waals surface area contributed by atoms with Crippen LogP contribution >= 0.6 is 22.9 Å². The van der Waals surface area contributed by atoms with Gasteiger partial charge in [0, 0.05) is 53.2 Å². The highest BCUT2D eigenvalue weighted by molar-refractivity contribution is 7.22. The van der Waals surface area contributed by atoms with Crippen LogP contribution in [0.1, 0.15) is 68.9 Å². The van der Waals surface area contributed by atoms with Crippen LogP contribution in [0, 0.1) is 6.92 Å². The summed E-state index contributed by atoms with van der Waals surface area (Å²) in [4.78, 5) is 20.4. The zero-order valence-electron chi connectivity index (χ0n) is 27.5. The van der Waals surface area contributed by atoms with E-state index in [-0.39, 0.29) is 0 Å². The highest BCUT2D eigenvalue weighted by atomic mass is 35.5. The van der Waals surface area contributed by atoms with E-state index < -0.39 is 17.7 Å². The lowest BCUT2D eigenvalue weighted by molar-refractivity contribution is -0.160. The fraction of sp³-hybridized carbons (Fsp3) is 0.432. The number of ether oxygens (including phenoxy) is 2. The Bertz CT molecular complexity index is 1950. The fourth-order valence-corrected chi connectivity index (χ4v) is 8.24. The number of piperidine rings is 1. The predicted octanol–water partition coefficient (Wildman–Crippen LogP) is 8.39. The maximum atomic E-state index is 12.7. The van der Waals surface area contributed by atoms with Crippen LogP contribution in [-0.2, 0) is 21.3 Å². The van der Waals surface area contributed by atoms with Crippen LogP contribution in [0.15, 0.2) is 48.5 Å². The maximum absolute atomic E-state index is 12.7. The van der Waals surface area contributed by atoms with E-state index in [1.54, 1.807) is 11.3 Å². The summed E-state index contributed by atoms with van der Waals surface area (Å²) >= 11 is 7.86. The van der Waals surface area contributed by atoms with Crippen molar-refractivity contribution in [2.24, 2.45) is 7.05 Å². The first-order valence-electron chi connectivity index (χ1n) is 16.4.